The van der Waals surface area contributed by atoms with Gasteiger partial charge in [0.15, 0.2) is 5.02 Å². The van der Waals surface area contributed by atoms with E-state index in [-0.39, 0.29) is 42.6 Å². The highest BCUT2D eigenvalue weighted by Crippen LogP contribution is 2.35. The van der Waals surface area contributed by atoms with Gasteiger partial charge in [0.05, 0.1) is 36.6 Å². The number of carbonyl (C=O) groups excluding carboxylic acids is 1. The summed E-state index contributed by atoms with van der Waals surface area (Å²) in [4.78, 5) is 22.0. The van der Waals surface area contributed by atoms with Gasteiger partial charge in [0.25, 0.3) is 15.8 Å². The average molecular weight is 382 g/mol. The number of nitrogens with zero attached hydrogens (tertiary/aromatic N) is 1. The molecule has 1 rings (SSSR count). The van der Waals surface area contributed by atoms with Crippen LogP contribution in [0.2, 0.25) is 5.02 Å². The maximum absolute atomic E-state index is 11.7. The van der Waals surface area contributed by atoms with Gasteiger partial charge in [-0.25, -0.2) is 4.79 Å². The fraction of sp³-hybridized carbons (Fsp3) is 0.462. The van der Waals surface area contributed by atoms with E-state index in [1.54, 1.807) is 6.92 Å². The molecule has 11 heteroatoms. The Morgan fingerprint density at radius 3 is 2.54 bits per heavy atom. The molecule has 0 aliphatic rings. The molecule has 134 valence electrons. The Bertz CT molecular complexity index is 719. The number of rotatable bonds is 9. The van der Waals surface area contributed by atoms with E-state index in [2.05, 4.69) is 4.18 Å². The Morgan fingerprint density at radius 1 is 1.33 bits per heavy atom. The molecule has 1 aromatic rings. The summed E-state index contributed by atoms with van der Waals surface area (Å²) < 4.78 is 36.2. The maximum Gasteiger partial charge on any atom is 0.338 e. The molecule has 0 N–H and O–H groups in total. The largest absolute Gasteiger partial charge is 0.492 e. The van der Waals surface area contributed by atoms with E-state index in [4.69, 9.17) is 21.1 Å². The van der Waals surface area contributed by atoms with Crippen molar-refractivity contribution >= 4 is 33.4 Å². The first kappa shape index (κ1) is 20.1. The van der Waals surface area contributed by atoms with Crippen LogP contribution in [0.4, 0.5) is 5.69 Å². The molecule has 0 heterocycles. The predicted octanol–water partition coefficient (Wildman–Crippen LogP) is 2.17. The quantitative estimate of drug-likeness (QED) is 0.210. The van der Waals surface area contributed by atoms with Crippen molar-refractivity contribution in [3.8, 4) is 5.75 Å². The zero-order chi connectivity index (χ0) is 18.3. The highest BCUT2D eigenvalue weighted by atomic mass is 35.5. The Labute approximate surface area is 143 Å². The van der Waals surface area contributed by atoms with E-state index in [1.165, 1.54) is 6.07 Å². The van der Waals surface area contributed by atoms with Crippen molar-refractivity contribution in [2.24, 2.45) is 0 Å². The van der Waals surface area contributed by atoms with Crippen LogP contribution in [0.25, 0.3) is 0 Å². The normalized spacial score (nSPS) is 11.1. The molecule has 0 bridgehead atoms. The van der Waals surface area contributed by atoms with E-state index in [1.807, 2.05) is 0 Å². The standard InChI is InChI=1S/C13H16ClNO8S/c1-3-21-13(16)9-7-10(15(17)18)12(14)11(8-9)22-5-4-6-23-24(2,19)20/h7-8H,3-6H2,1-2H3. The minimum Gasteiger partial charge on any atom is -0.492 e. The smallest absolute Gasteiger partial charge is 0.338 e. The van der Waals surface area contributed by atoms with Crippen molar-refractivity contribution in [2.45, 2.75) is 13.3 Å². The molecule has 0 aliphatic heterocycles. The van der Waals surface area contributed by atoms with Crippen LogP contribution in [0.5, 0.6) is 5.75 Å². The number of benzene rings is 1. The molecule has 0 aromatic heterocycles. The summed E-state index contributed by atoms with van der Waals surface area (Å²) in [6.45, 7) is 1.57. The van der Waals surface area contributed by atoms with E-state index >= 15 is 0 Å². The zero-order valence-corrected chi connectivity index (χ0v) is 14.6. The van der Waals surface area contributed by atoms with Gasteiger partial charge in [-0.3, -0.25) is 14.3 Å². The van der Waals surface area contributed by atoms with Gasteiger partial charge in [-0.1, -0.05) is 11.6 Å². The van der Waals surface area contributed by atoms with Gasteiger partial charge in [-0.15, -0.1) is 0 Å². The number of halogens is 1. The lowest BCUT2D eigenvalue weighted by Crippen LogP contribution is -2.09. The summed E-state index contributed by atoms with van der Waals surface area (Å²) in [6.07, 6.45) is 1.11. The van der Waals surface area contributed by atoms with Crippen LogP contribution in [-0.4, -0.2) is 45.4 Å². The first-order valence-corrected chi connectivity index (χ1v) is 8.97. The van der Waals surface area contributed by atoms with Crippen LogP contribution in [-0.2, 0) is 19.0 Å². The summed E-state index contributed by atoms with van der Waals surface area (Å²) in [5, 5.41) is 10.8. The van der Waals surface area contributed by atoms with Crippen LogP contribution in [0.3, 0.4) is 0 Å². The number of hydrogen-bond donors (Lipinski definition) is 0. The van der Waals surface area contributed by atoms with Crippen molar-refractivity contribution in [1.82, 2.24) is 0 Å². The number of nitro benzene ring substituents is 1. The van der Waals surface area contributed by atoms with Crippen LogP contribution >= 0.6 is 11.6 Å². The second kappa shape index (κ2) is 8.81. The van der Waals surface area contributed by atoms with Crippen molar-refractivity contribution in [2.75, 3.05) is 26.1 Å². The molecular weight excluding hydrogens is 366 g/mol. The van der Waals surface area contributed by atoms with Gasteiger partial charge >= 0.3 is 5.97 Å². The fourth-order valence-corrected chi connectivity index (χ4v) is 2.26. The minimum absolute atomic E-state index is 0.0152. The maximum atomic E-state index is 11.7. The van der Waals surface area contributed by atoms with Crippen LogP contribution < -0.4 is 4.74 Å². The number of hydrogen-bond acceptors (Lipinski definition) is 8. The average Bonchev–Trinajstić information content (AvgIpc) is 2.47. The Morgan fingerprint density at radius 2 is 2.00 bits per heavy atom. The summed E-state index contributed by atoms with van der Waals surface area (Å²) in [6, 6.07) is 2.23. The SMILES string of the molecule is CCOC(=O)c1cc(OCCCOS(C)(=O)=O)c(Cl)c([N+](=O)[O-])c1. The fourth-order valence-electron chi connectivity index (χ4n) is 1.60. The van der Waals surface area contributed by atoms with Crippen LogP contribution in [0.1, 0.15) is 23.7 Å². The van der Waals surface area contributed by atoms with E-state index < -0.39 is 26.7 Å². The molecule has 24 heavy (non-hydrogen) atoms. The van der Waals surface area contributed by atoms with Gasteiger partial charge in [0.1, 0.15) is 5.75 Å². The molecule has 0 saturated heterocycles. The zero-order valence-electron chi connectivity index (χ0n) is 13.0. The molecule has 0 amide bonds. The lowest BCUT2D eigenvalue weighted by atomic mass is 10.2. The summed E-state index contributed by atoms with van der Waals surface area (Å²) in [5.41, 5.74) is -0.569. The number of carbonyl (C=O) groups is 1. The highest BCUT2D eigenvalue weighted by Gasteiger charge is 2.22. The number of nitro groups is 1. The number of ether oxygens (including phenoxy) is 2. The Hall–Kier alpha value is -1.91. The first-order chi connectivity index (χ1) is 11.2. The summed E-state index contributed by atoms with van der Waals surface area (Å²) in [5.74, 6) is -0.823. The van der Waals surface area contributed by atoms with E-state index in [0.717, 1.165) is 12.3 Å². The lowest BCUT2D eigenvalue weighted by Gasteiger charge is -2.10. The van der Waals surface area contributed by atoms with Crippen LogP contribution in [0, 0.1) is 10.1 Å². The second-order valence-electron chi connectivity index (χ2n) is 4.51. The van der Waals surface area contributed by atoms with Crippen molar-refractivity contribution in [3.63, 3.8) is 0 Å². The van der Waals surface area contributed by atoms with Gasteiger partial charge < -0.3 is 9.47 Å². The molecule has 0 aliphatic carbocycles. The van der Waals surface area contributed by atoms with Gasteiger partial charge in [-0.05, 0) is 13.0 Å². The second-order valence-corrected chi connectivity index (χ2v) is 6.54. The third-order valence-corrected chi connectivity index (χ3v) is 3.55. The van der Waals surface area contributed by atoms with Crippen molar-refractivity contribution in [1.29, 1.82) is 0 Å². The molecule has 0 spiro atoms. The molecule has 0 unspecified atom stereocenters. The lowest BCUT2D eigenvalue weighted by molar-refractivity contribution is -0.384. The Balaban J connectivity index is 2.88. The Kier molecular flexibility index (Phi) is 7.39. The highest BCUT2D eigenvalue weighted by molar-refractivity contribution is 7.85. The predicted molar refractivity (Wildman–Crippen MR) is 85.0 cm³/mol. The molecule has 0 atom stereocenters. The first-order valence-electron chi connectivity index (χ1n) is 6.78. The van der Waals surface area contributed by atoms with Crippen molar-refractivity contribution < 1.29 is 31.8 Å². The summed E-state index contributed by atoms with van der Waals surface area (Å²) >= 11 is 5.90. The van der Waals surface area contributed by atoms with Gasteiger partial charge in [-0.2, -0.15) is 8.42 Å². The third-order valence-electron chi connectivity index (χ3n) is 2.57. The van der Waals surface area contributed by atoms with E-state index in [9.17, 15) is 23.3 Å². The molecule has 9 nitrogen and oxygen atoms in total. The minimum atomic E-state index is -3.55. The van der Waals surface area contributed by atoms with Gasteiger partial charge in [0, 0.05) is 12.5 Å². The summed E-state index contributed by atoms with van der Waals surface area (Å²) in [7, 11) is -3.55. The van der Waals surface area contributed by atoms with Gasteiger partial charge in [0.2, 0.25) is 0 Å². The molecule has 0 saturated carbocycles. The molecular formula is C13H16ClNO8S. The molecule has 0 fully saturated rings. The topological polar surface area (TPSA) is 122 Å². The number of esters is 1. The third kappa shape index (κ3) is 6.30. The van der Waals surface area contributed by atoms with E-state index in [0.29, 0.717) is 0 Å². The molecule has 1 aromatic carbocycles. The molecule has 0 radical (unpaired) electrons. The van der Waals surface area contributed by atoms with Crippen molar-refractivity contribution in [3.05, 3.63) is 32.8 Å². The van der Waals surface area contributed by atoms with Crippen LogP contribution in [0.15, 0.2) is 12.1 Å². The monoisotopic (exact) mass is 381 g/mol.